The Bertz CT molecular complexity index is 209. The number of hydrogen-bond donors (Lipinski definition) is 0. The van der Waals surface area contributed by atoms with Crippen molar-refractivity contribution in [1.29, 1.82) is 0 Å². The zero-order valence-electron chi connectivity index (χ0n) is 11.4. The van der Waals surface area contributed by atoms with Crippen molar-refractivity contribution < 1.29 is 0 Å². The van der Waals surface area contributed by atoms with Gasteiger partial charge in [0, 0.05) is 38.0 Å². The average Bonchev–Trinajstić information content (AvgIpc) is 2.38. The molecule has 2 aliphatic heterocycles. The van der Waals surface area contributed by atoms with Gasteiger partial charge in [-0.25, -0.2) is 4.31 Å². The molecule has 2 fully saturated rings. The molecule has 0 aliphatic carbocycles. The molecule has 2 aliphatic rings. The molecule has 0 unspecified atom stereocenters. The molecule has 0 aromatic rings. The highest BCUT2D eigenvalue weighted by atomic mass is 32.2. The van der Waals surface area contributed by atoms with Crippen LogP contribution in [0.1, 0.15) is 26.2 Å². The van der Waals surface area contributed by atoms with Crippen molar-refractivity contribution in [2.24, 2.45) is 0 Å². The van der Waals surface area contributed by atoms with E-state index in [9.17, 15) is 0 Å². The molecule has 0 spiro atoms. The van der Waals surface area contributed by atoms with E-state index in [2.05, 4.69) is 28.1 Å². The molecule has 0 atom stereocenters. The molecule has 4 heteroatoms. The third-order valence-corrected chi connectivity index (χ3v) is 5.28. The highest BCUT2D eigenvalue weighted by Crippen LogP contribution is 2.20. The van der Waals surface area contributed by atoms with Gasteiger partial charge in [0.15, 0.2) is 0 Å². The zero-order chi connectivity index (χ0) is 12.1. The van der Waals surface area contributed by atoms with E-state index in [0.29, 0.717) is 0 Å². The first kappa shape index (κ1) is 13.7. The lowest BCUT2D eigenvalue weighted by molar-refractivity contribution is 0.0919. The fourth-order valence-electron chi connectivity index (χ4n) is 2.78. The highest BCUT2D eigenvalue weighted by molar-refractivity contribution is 7.97. The fourth-order valence-corrected chi connectivity index (χ4v) is 3.64. The summed E-state index contributed by atoms with van der Waals surface area (Å²) >= 11 is 2.04. The van der Waals surface area contributed by atoms with Gasteiger partial charge < -0.3 is 4.90 Å². The summed E-state index contributed by atoms with van der Waals surface area (Å²) < 4.78 is 2.56. The Morgan fingerprint density at radius 3 is 2.24 bits per heavy atom. The van der Waals surface area contributed by atoms with Crippen LogP contribution in [0.4, 0.5) is 0 Å². The van der Waals surface area contributed by atoms with Gasteiger partial charge in [0.2, 0.25) is 0 Å². The molecule has 17 heavy (non-hydrogen) atoms. The second-order valence-corrected chi connectivity index (χ2v) is 6.52. The molecule has 3 nitrogen and oxygen atoms in total. The molecule has 0 saturated carbocycles. The molecule has 0 radical (unpaired) electrons. The van der Waals surface area contributed by atoms with Crippen molar-refractivity contribution in [1.82, 2.24) is 14.1 Å². The van der Waals surface area contributed by atoms with Crippen molar-refractivity contribution in [2.75, 3.05) is 52.1 Å². The minimum Gasteiger partial charge on any atom is -0.306 e. The summed E-state index contributed by atoms with van der Waals surface area (Å²) in [6.45, 7) is 9.93. The van der Waals surface area contributed by atoms with E-state index in [-0.39, 0.29) is 0 Å². The quantitative estimate of drug-likeness (QED) is 0.710. The summed E-state index contributed by atoms with van der Waals surface area (Å²) in [4.78, 5) is 5.19. The number of piperidine rings is 1. The molecule has 0 aromatic carbocycles. The van der Waals surface area contributed by atoms with Crippen LogP contribution >= 0.6 is 11.9 Å². The van der Waals surface area contributed by atoms with E-state index in [0.717, 1.165) is 6.04 Å². The fraction of sp³-hybridized carbons (Fsp3) is 1.00. The van der Waals surface area contributed by atoms with Crippen LogP contribution in [-0.4, -0.2) is 72.2 Å². The lowest BCUT2D eigenvalue weighted by atomic mass is 10.0. The summed E-state index contributed by atoms with van der Waals surface area (Å²) in [6.07, 6.45) is 4.04. The Balaban J connectivity index is 1.68. The summed E-state index contributed by atoms with van der Waals surface area (Å²) in [7, 11) is 2.25. The Morgan fingerprint density at radius 1 is 1.00 bits per heavy atom. The monoisotopic (exact) mass is 257 g/mol. The molecule has 2 saturated heterocycles. The van der Waals surface area contributed by atoms with E-state index >= 15 is 0 Å². The second-order valence-electron chi connectivity index (χ2n) is 5.33. The number of hydrogen-bond acceptors (Lipinski definition) is 4. The number of likely N-dealkylation sites (tertiary alicyclic amines) is 1. The lowest BCUT2D eigenvalue weighted by Crippen LogP contribution is -2.51. The summed E-state index contributed by atoms with van der Waals surface area (Å²) in [5.74, 6) is 1.29. The van der Waals surface area contributed by atoms with Crippen LogP contribution in [0.2, 0.25) is 0 Å². The van der Waals surface area contributed by atoms with E-state index in [1.54, 1.807) is 0 Å². The van der Waals surface area contributed by atoms with Crippen molar-refractivity contribution in [2.45, 2.75) is 32.2 Å². The van der Waals surface area contributed by atoms with Gasteiger partial charge in [-0.15, -0.1) is 0 Å². The van der Waals surface area contributed by atoms with Gasteiger partial charge in [0.1, 0.15) is 0 Å². The second kappa shape index (κ2) is 6.98. The maximum absolute atomic E-state index is 2.73. The lowest BCUT2D eigenvalue weighted by Gasteiger charge is -2.41. The van der Waals surface area contributed by atoms with Gasteiger partial charge in [-0.3, -0.25) is 4.90 Å². The Kier molecular flexibility index (Phi) is 5.60. The third kappa shape index (κ3) is 4.12. The standard InChI is InChI=1S/C13H27N3S/c1-3-12-17-16-10-8-15(9-11-16)13-4-6-14(2)7-5-13/h13H,3-12H2,1-2H3. The largest absolute Gasteiger partial charge is 0.306 e. The Labute approximate surface area is 111 Å². The number of rotatable bonds is 4. The molecule has 0 amide bonds. The van der Waals surface area contributed by atoms with Crippen LogP contribution in [0.3, 0.4) is 0 Å². The van der Waals surface area contributed by atoms with Crippen LogP contribution in [0, 0.1) is 0 Å². The molecule has 2 heterocycles. The van der Waals surface area contributed by atoms with Crippen molar-refractivity contribution in [3.8, 4) is 0 Å². The zero-order valence-corrected chi connectivity index (χ0v) is 12.2. The van der Waals surface area contributed by atoms with E-state index in [1.165, 1.54) is 64.3 Å². The van der Waals surface area contributed by atoms with Gasteiger partial charge in [0.05, 0.1) is 0 Å². The van der Waals surface area contributed by atoms with Gasteiger partial charge in [-0.2, -0.15) is 0 Å². The first-order chi connectivity index (χ1) is 8.29. The minimum atomic E-state index is 0.865. The highest BCUT2D eigenvalue weighted by Gasteiger charge is 2.26. The van der Waals surface area contributed by atoms with Gasteiger partial charge in [0.25, 0.3) is 0 Å². The molecule has 100 valence electrons. The van der Waals surface area contributed by atoms with Crippen molar-refractivity contribution in [3.05, 3.63) is 0 Å². The maximum atomic E-state index is 2.73. The van der Waals surface area contributed by atoms with E-state index in [4.69, 9.17) is 0 Å². The third-order valence-electron chi connectivity index (χ3n) is 3.96. The van der Waals surface area contributed by atoms with Crippen LogP contribution < -0.4 is 0 Å². The SMILES string of the molecule is CCCSN1CCN(C2CCN(C)CC2)CC1. The first-order valence-corrected chi connectivity index (χ1v) is 8.04. The summed E-state index contributed by atoms with van der Waals surface area (Å²) in [5, 5.41) is 0. The van der Waals surface area contributed by atoms with Gasteiger partial charge in [-0.1, -0.05) is 18.9 Å². The van der Waals surface area contributed by atoms with Crippen molar-refractivity contribution in [3.63, 3.8) is 0 Å². The Morgan fingerprint density at radius 2 is 1.65 bits per heavy atom. The molecule has 0 N–H and O–H groups in total. The van der Waals surface area contributed by atoms with Crippen LogP contribution in [-0.2, 0) is 0 Å². The van der Waals surface area contributed by atoms with Crippen LogP contribution in [0.25, 0.3) is 0 Å². The molecule has 0 aromatic heterocycles. The van der Waals surface area contributed by atoms with E-state index in [1.807, 2.05) is 11.9 Å². The molecule has 2 rings (SSSR count). The van der Waals surface area contributed by atoms with Gasteiger partial charge >= 0.3 is 0 Å². The predicted octanol–water partition coefficient (Wildman–Crippen LogP) is 1.76. The van der Waals surface area contributed by atoms with Gasteiger partial charge in [-0.05, 0) is 39.4 Å². The van der Waals surface area contributed by atoms with Crippen molar-refractivity contribution >= 4 is 11.9 Å². The predicted molar refractivity (Wildman–Crippen MR) is 76.4 cm³/mol. The average molecular weight is 257 g/mol. The maximum Gasteiger partial charge on any atom is 0.0218 e. The smallest absolute Gasteiger partial charge is 0.0218 e. The molecular weight excluding hydrogens is 230 g/mol. The summed E-state index contributed by atoms with van der Waals surface area (Å²) in [6, 6.07) is 0.865. The number of nitrogens with zero attached hydrogens (tertiary/aromatic N) is 3. The van der Waals surface area contributed by atoms with Crippen LogP contribution in [0.15, 0.2) is 0 Å². The normalized spacial score (nSPS) is 26.5. The summed E-state index contributed by atoms with van der Waals surface area (Å²) in [5.41, 5.74) is 0. The van der Waals surface area contributed by atoms with E-state index < -0.39 is 0 Å². The first-order valence-electron chi connectivity index (χ1n) is 7.10. The molecule has 0 bridgehead atoms. The minimum absolute atomic E-state index is 0.865. The van der Waals surface area contributed by atoms with Crippen LogP contribution in [0.5, 0.6) is 0 Å². The number of piperazine rings is 1. The topological polar surface area (TPSA) is 9.72 Å². The molecular formula is C13H27N3S. The Hall–Kier alpha value is 0.230.